The number of methoxy groups -OCH3 is 1. The van der Waals surface area contributed by atoms with Crippen LogP contribution in [0.5, 0.6) is 0 Å². The number of hydrogen-bond acceptors (Lipinski definition) is 5. The number of esters is 1. The van der Waals surface area contributed by atoms with Crippen LogP contribution in [-0.4, -0.2) is 35.9 Å². The SMILES string of the molecule is CCn1nc(N2CCC(C)CC2)c(C(=O)OC)c1N. The van der Waals surface area contributed by atoms with E-state index in [-0.39, 0.29) is 0 Å². The molecule has 0 atom stereocenters. The number of carbonyl (C=O) groups excluding carboxylic acids is 1. The fourth-order valence-electron chi connectivity index (χ4n) is 2.44. The number of ether oxygens (including phenoxy) is 1. The molecule has 0 amide bonds. The number of piperidine rings is 1. The number of anilines is 2. The number of aromatic nitrogens is 2. The van der Waals surface area contributed by atoms with Crippen LogP contribution in [0, 0.1) is 5.92 Å². The van der Waals surface area contributed by atoms with Crippen molar-refractivity contribution in [3.05, 3.63) is 5.56 Å². The van der Waals surface area contributed by atoms with Gasteiger partial charge in [-0.25, -0.2) is 9.48 Å². The third-order valence-corrected chi connectivity index (χ3v) is 3.75. The van der Waals surface area contributed by atoms with E-state index in [0.29, 0.717) is 23.7 Å². The molecule has 2 rings (SSSR count). The summed E-state index contributed by atoms with van der Waals surface area (Å²) in [6.45, 7) is 6.65. The lowest BCUT2D eigenvalue weighted by Gasteiger charge is -2.30. The van der Waals surface area contributed by atoms with Gasteiger partial charge in [0.2, 0.25) is 0 Å². The maximum Gasteiger partial charge on any atom is 0.345 e. The van der Waals surface area contributed by atoms with Crippen LogP contribution < -0.4 is 10.6 Å². The maximum atomic E-state index is 11.9. The summed E-state index contributed by atoms with van der Waals surface area (Å²) in [5.41, 5.74) is 6.40. The van der Waals surface area contributed by atoms with Gasteiger partial charge in [-0.15, -0.1) is 0 Å². The smallest absolute Gasteiger partial charge is 0.345 e. The zero-order valence-corrected chi connectivity index (χ0v) is 11.8. The van der Waals surface area contributed by atoms with Gasteiger partial charge in [-0.05, 0) is 25.7 Å². The van der Waals surface area contributed by atoms with Gasteiger partial charge >= 0.3 is 5.97 Å². The molecule has 0 aromatic carbocycles. The Kier molecular flexibility index (Phi) is 3.97. The Labute approximate surface area is 113 Å². The highest BCUT2D eigenvalue weighted by Crippen LogP contribution is 2.29. The van der Waals surface area contributed by atoms with Crippen molar-refractivity contribution >= 4 is 17.6 Å². The summed E-state index contributed by atoms with van der Waals surface area (Å²) < 4.78 is 6.48. The molecule has 1 saturated heterocycles. The number of rotatable bonds is 3. The fourth-order valence-corrected chi connectivity index (χ4v) is 2.44. The number of carbonyl (C=O) groups is 1. The molecule has 2 heterocycles. The minimum atomic E-state index is -0.411. The lowest BCUT2D eigenvalue weighted by atomic mass is 9.99. The molecular weight excluding hydrogens is 244 g/mol. The lowest BCUT2D eigenvalue weighted by molar-refractivity contribution is 0.0602. The van der Waals surface area contributed by atoms with Crippen molar-refractivity contribution in [2.24, 2.45) is 5.92 Å². The minimum absolute atomic E-state index is 0.392. The van der Waals surface area contributed by atoms with Crippen molar-refractivity contribution in [2.45, 2.75) is 33.2 Å². The molecule has 0 unspecified atom stereocenters. The Morgan fingerprint density at radius 1 is 1.47 bits per heavy atom. The molecule has 0 saturated carbocycles. The zero-order valence-electron chi connectivity index (χ0n) is 11.8. The van der Waals surface area contributed by atoms with Crippen LogP contribution in [0.25, 0.3) is 0 Å². The highest BCUT2D eigenvalue weighted by Gasteiger charge is 2.28. The van der Waals surface area contributed by atoms with Gasteiger partial charge in [0.05, 0.1) is 7.11 Å². The Balaban J connectivity index is 2.35. The molecule has 0 radical (unpaired) electrons. The number of nitrogens with zero attached hydrogens (tertiary/aromatic N) is 3. The van der Waals surface area contributed by atoms with Gasteiger partial charge < -0.3 is 15.4 Å². The van der Waals surface area contributed by atoms with E-state index < -0.39 is 5.97 Å². The summed E-state index contributed by atoms with van der Waals surface area (Å²) in [5.74, 6) is 1.37. The Hall–Kier alpha value is -1.72. The topological polar surface area (TPSA) is 73.4 Å². The average molecular weight is 266 g/mol. The van der Waals surface area contributed by atoms with Crippen LogP contribution in [0.4, 0.5) is 11.6 Å². The molecule has 2 N–H and O–H groups in total. The molecule has 1 aromatic heterocycles. The molecule has 1 aromatic rings. The second-order valence-electron chi connectivity index (χ2n) is 5.06. The molecule has 106 valence electrons. The monoisotopic (exact) mass is 266 g/mol. The molecular formula is C13H22N4O2. The van der Waals surface area contributed by atoms with Gasteiger partial charge in [0.25, 0.3) is 0 Å². The highest BCUT2D eigenvalue weighted by atomic mass is 16.5. The molecule has 6 heteroatoms. The molecule has 0 spiro atoms. The predicted octanol–water partition coefficient (Wildman–Crippen LogP) is 1.51. The predicted molar refractivity (Wildman–Crippen MR) is 74.3 cm³/mol. The normalized spacial score (nSPS) is 16.7. The van der Waals surface area contributed by atoms with E-state index in [1.54, 1.807) is 4.68 Å². The summed E-state index contributed by atoms with van der Waals surface area (Å²) >= 11 is 0. The van der Waals surface area contributed by atoms with E-state index in [0.717, 1.165) is 31.8 Å². The van der Waals surface area contributed by atoms with E-state index in [4.69, 9.17) is 10.5 Å². The maximum absolute atomic E-state index is 11.9. The van der Waals surface area contributed by atoms with Crippen molar-refractivity contribution in [1.82, 2.24) is 9.78 Å². The van der Waals surface area contributed by atoms with E-state index in [1.807, 2.05) is 6.92 Å². The summed E-state index contributed by atoms with van der Waals surface area (Å²) in [7, 11) is 1.37. The molecule has 0 aliphatic carbocycles. The van der Waals surface area contributed by atoms with Crippen molar-refractivity contribution in [3.63, 3.8) is 0 Å². The third-order valence-electron chi connectivity index (χ3n) is 3.75. The molecule has 6 nitrogen and oxygen atoms in total. The van der Waals surface area contributed by atoms with Gasteiger partial charge in [-0.2, -0.15) is 5.10 Å². The molecule has 19 heavy (non-hydrogen) atoms. The van der Waals surface area contributed by atoms with Crippen molar-refractivity contribution in [1.29, 1.82) is 0 Å². The number of hydrogen-bond donors (Lipinski definition) is 1. The van der Waals surface area contributed by atoms with Gasteiger partial charge in [0.1, 0.15) is 11.4 Å². The van der Waals surface area contributed by atoms with Gasteiger partial charge in [-0.3, -0.25) is 0 Å². The van der Waals surface area contributed by atoms with E-state index >= 15 is 0 Å². The number of aryl methyl sites for hydroxylation is 1. The molecule has 1 aliphatic heterocycles. The third kappa shape index (κ3) is 2.52. The van der Waals surface area contributed by atoms with Crippen molar-refractivity contribution in [2.75, 3.05) is 30.8 Å². The summed E-state index contributed by atoms with van der Waals surface area (Å²) in [5, 5.41) is 4.46. The molecule has 0 bridgehead atoms. The van der Waals surface area contributed by atoms with Crippen LogP contribution in [0.1, 0.15) is 37.0 Å². The van der Waals surface area contributed by atoms with Gasteiger partial charge in [-0.1, -0.05) is 6.92 Å². The summed E-state index contributed by atoms with van der Waals surface area (Å²) in [4.78, 5) is 14.0. The first-order valence-corrected chi connectivity index (χ1v) is 6.78. The van der Waals surface area contributed by atoms with Crippen LogP contribution in [-0.2, 0) is 11.3 Å². The van der Waals surface area contributed by atoms with E-state index in [1.165, 1.54) is 7.11 Å². The number of nitrogens with two attached hydrogens (primary N) is 1. The first kappa shape index (κ1) is 13.7. The lowest BCUT2D eigenvalue weighted by Crippen LogP contribution is -2.34. The van der Waals surface area contributed by atoms with Gasteiger partial charge in [0.15, 0.2) is 5.82 Å². The van der Waals surface area contributed by atoms with Crippen LogP contribution in [0.2, 0.25) is 0 Å². The molecule has 1 aliphatic rings. The second-order valence-corrected chi connectivity index (χ2v) is 5.06. The number of nitrogen functional groups attached to an aromatic ring is 1. The average Bonchev–Trinajstić information content (AvgIpc) is 2.75. The summed E-state index contributed by atoms with van der Waals surface area (Å²) in [6.07, 6.45) is 2.22. The molecule has 1 fully saturated rings. The van der Waals surface area contributed by atoms with Crippen LogP contribution >= 0.6 is 0 Å². The van der Waals surface area contributed by atoms with Crippen molar-refractivity contribution in [3.8, 4) is 0 Å². The Bertz CT molecular complexity index is 461. The second kappa shape index (κ2) is 5.50. The van der Waals surface area contributed by atoms with Gasteiger partial charge in [0, 0.05) is 19.6 Å². The van der Waals surface area contributed by atoms with Crippen LogP contribution in [0.3, 0.4) is 0 Å². The van der Waals surface area contributed by atoms with Crippen molar-refractivity contribution < 1.29 is 9.53 Å². The van der Waals surface area contributed by atoms with Crippen LogP contribution in [0.15, 0.2) is 0 Å². The first-order chi connectivity index (χ1) is 9.08. The highest BCUT2D eigenvalue weighted by molar-refractivity contribution is 5.99. The first-order valence-electron chi connectivity index (χ1n) is 6.78. The fraction of sp³-hybridized carbons (Fsp3) is 0.692. The minimum Gasteiger partial charge on any atom is -0.465 e. The Morgan fingerprint density at radius 3 is 2.63 bits per heavy atom. The zero-order chi connectivity index (χ0) is 14.0. The quantitative estimate of drug-likeness (QED) is 0.839. The van der Waals surface area contributed by atoms with E-state index in [9.17, 15) is 4.79 Å². The Morgan fingerprint density at radius 2 is 2.11 bits per heavy atom. The summed E-state index contributed by atoms with van der Waals surface area (Å²) in [6, 6.07) is 0. The largest absolute Gasteiger partial charge is 0.465 e. The standard InChI is InChI=1S/C13H22N4O2/c1-4-17-11(14)10(13(18)19-3)12(15-17)16-7-5-9(2)6-8-16/h9H,4-8,14H2,1-3H3. The van der Waals surface area contributed by atoms with E-state index in [2.05, 4.69) is 16.9 Å².